The van der Waals surface area contributed by atoms with Crippen LogP contribution in [-0.2, 0) is 0 Å². The highest BCUT2D eigenvalue weighted by molar-refractivity contribution is 6.20. The van der Waals surface area contributed by atoms with Gasteiger partial charge < -0.3 is 14.0 Å². The van der Waals surface area contributed by atoms with Gasteiger partial charge in [-0.05, 0) is 95.1 Å². The van der Waals surface area contributed by atoms with Crippen LogP contribution in [-0.4, -0.2) is 9.13 Å². The Morgan fingerprint density at radius 2 is 0.614 bits per heavy atom. The van der Waals surface area contributed by atoms with E-state index in [4.69, 9.17) is 0 Å². The van der Waals surface area contributed by atoms with Crippen LogP contribution >= 0.6 is 0 Å². The first kappa shape index (κ1) is 32.8. The molecule has 9 aromatic carbocycles. The normalized spacial score (nSPS) is 11.5. The van der Waals surface area contributed by atoms with E-state index in [1.807, 2.05) is 0 Å². The maximum atomic E-state index is 2.47. The number of hydrogen-bond acceptors (Lipinski definition) is 1. The SMILES string of the molecule is c1ccc(-c2ccc(-n3c4ccccc4c4c(N(c5ccccc5)c5cccc6c5c5ccccc5n6-c5ccc(-c6ccccc6)cc5)cccc43)cc2)cc1. The fraction of sp³-hybridized carbons (Fsp3) is 0. The van der Waals surface area contributed by atoms with Crippen LogP contribution in [0.4, 0.5) is 17.1 Å². The summed E-state index contributed by atoms with van der Waals surface area (Å²) >= 11 is 0. The van der Waals surface area contributed by atoms with Crippen LogP contribution < -0.4 is 4.90 Å². The molecule has 0 aliphatic heterocycles. The summed E-state index contributed by atoms with van der Waals surface area (Å²) in [6.45, 7) is 0. The first-order valence-corrected chi connectivity index (χ1v) is 19.5. The zero-order chi connectivity index (χ0) is 37.7. The Kier molecular flexibility index (Phi) is 7.82. The van der Waals surface area contributed by atoms with E-state index in [9.17, 15) is 0 Å². The van der Waals surface area contributed by atoms with Crippen LogP contribution in [0.2, 0.25) is 0 Å². The van der Waals surface area contributed by atoms with Gasteiger partial charge in [-0.25, -0.2) is 0 Å². The van der Waals surface area contributed by atoms with Gasteiger partial charge in [0.15, 0.2) is 0 Å². The van der Waals surface area contributed by atoms with Gasteiger partial charge >= 0.3 is 0 Å². The number of para-hydroxylation sites is 3. The summed E-state index contributed by atoms with van der Waals surface area (Å²) in [5, 5.41) is 4.84. The Hall–Kier alpha value is -7.62. The first-order chi connectivity index (χ1) is 28.3. The number of fused-ring (bicyclic) bond motifs is 6. The van der Waals surface area contributed by atoms with E-state index in [-0.39, 0.29) is 0 Å². The molecule has 57 heavy (non-hydrogen) atoms. The average Bonchev–Trinajstić information content (AvgIpc) is 3.82. The van der Waals surface area contributed by atoms with E-state index in [1.165, 1.54) is 54.8 Å². The largest absolute Gasteiger partial charge is 0.309 e. The topological polar surface area (TPSA) is 13.1 Å². The molecule has 0 aliphatic carbocycles. The second-order valence-corrected chi connectivity index (χ2v) is 14.5. The number of nitrogens with zero attached hydrogens (tertiary/aromatic N) is 3. The second-order valence-electron chi connectivity index (χ2n) is 14.5. The molecule has 0 amide bonds. The molecule has 0 N–H and O–H groups in total. The summed E-state index contributed by atoms with van der Waals surface area (Å²) in [5.41, 5.74) is 15.1. The lowest BCUT2D eigenvalue weighted by Crippen LogP contribution is -2.11. The maximum Gasteiger partial charge on any atom is 0.0562 e. The molecule has 2 aromatic heterocycles. The summed E-state index contributed by atoms with van der Waals surface area (Å²) in [6.07, 6.45) is 0. The molecule has 11 aromatic rings. The Balaban J connectivity index is 1.14. The summed E-state index contributed by atoms with van der Waals surface area (Å²) < 4.78 is 4.83. The van der Waals surface area contributed by atoms with Gasteiger partial charge in [0.25, 0.3) is 0 Å². The lowest BCUT2D eigenvalue weighted by molar-refractivity contribution is 1.18. The van der Waals surface area contributed by atoms with Crippen LogP contribution in [0, 0.1) is 0 Å². The molecule has 0 unspecified atom stereocenters. The van der Waals surface area contributed by atoms with Gasteiger partial charge in [-0.2, -0.15) is 0 Å². The standard InChI is InChI=1S/C54H37N3/c1-4-16-38(17-5-1)40-30-34-43(35-31-40)55-47-24-12-10-22-45(47)53-49(55)26-14-28-51(53)57(42-20-8-3-9-21-42)52-29-15-27-50-54(52)46-23-11-13-25-48(46)56(50)44-36-32-41(33-37-44)39-18-6-2-7-19-39/h1-37H. The molecule has 0 radical (unpaired) electrons. The number of hydrogen-bond donors (Lipinski definition) is 0. The molecule has 3 nitrogen and oxygen atoms in total. The third-order valence-electron chi connectivity index (χ3n) is 11.3. The highest BCUT2D eigenvalue weighted by Crippen LogP contribution is 2.47. The summed E-state index contributed by atoms with van der Waals surface area (Å²) in [7, 11) is 0. The number of rotatable bonds is 7. The van der Waals surface area contributed by atoms with E-state index >= 15 is 0 Å². The van der Waals surface area contributed by atoms with Gasteiger partial charge in [0.1, 0.15) is 0 Å². The molecule has 268 valence electrons. The van der Waals surface area contributed by atoms with Crippen LogP contribution in [0.15, 0.2) is 224 Å². The van der Waals surface area contributed by atoms with E-state index in [0.717, 1.165) is 39.5 Å². The Bertz CT molecular complexity index is 2990. The van der Waals surface area contributed by atoms with Crippen LogP contribution in [0.5, 0.6) is 0 Å². The van der Waals surface area contributed by atoms with E-state index < -0.39 is 0 Å². The molecular formula is C54H37N3. The second kappa shape index (κ2) is 13.6. The van der Waals surface area contributed by atoms with Gasteiger partial charge in [0, 0.05) is 38.6 Å². The van der Waals surface area contributed by atoms with E-state index in [0.29, 0.717) is 0 Å². The van der Waals surface area contributed by atoms with Gasteiger partial charge in [0.05, 0.1) is 33.4 Å². The van der Waals surface area contributed by atoms with Crippen LogP contribution in [0.1, 0.15) is 0 Å². The average molecular weight is 728 g/mol. The van der Waals surface area contributed by atoms with Crippen molar-refractivity contribution in [3.8, 4) is 33.6 Å². The Labute approximate surface area is 331 Å². The summed E-state index contributed by atoms with van der Waals surface area (Å²) in [6, 6.07) is 81.1. The van der Waals surface area contributed by atoms with Crippen molar-refractivity contribution >= 4 is 60.7 Å². The summed E-state index contributed by atoms with van der Waals surface area (Å²) in [5.74, 6) is 0. The van der Waals surface area contributed by atoms with Gasteiger partial charge in [-0.1, -0.05) is 152 Å². The minimum atomic E-state index is 1.10. The molecule has 0 atom stereocenters. The van der Waals surface area contributed by atoms with E-state index in [2.05, 4.69) is 238 Å². The Morgan fingerprint density at radius 3 is 1.05 bits per heavy atom. The molecule has 0 bridgehead atoms. The quantitative estimate of drug-likeness (QED) is 0.159. The lowest BCUT2D eigenvalue weighted by atomic mass is 10.0. The highest BCUT2D eigenvalue weighted by Gasteiger charge is 2.24. The molecule has 0 fully saturated rings. The monoisotopic (exact) mass is 727 g/mol. The molecule has 0 saturated carbocycles. The van der Waals surface area contributed by atoms with Crippen LogP contribution in [0.25, 0.3) is 77.2 Å². The minimum absolute atomic E-state index is 1.10. The fourth-order valence-electron chi connectivity index (χ4n) is 8.78. The molecule has 0 saturated heterocycles. The van der Waals surface area contributed by atoms with Crippen molar-refractivity contribution in [2.45, 2.75) is 0 Å². The lowest BCUT2D eigenvalue weighted by Gasteiger charge is -2.27. The number of aromatic nitrogens is 2. The van der Waals surface area contributed by atoms with E-state index in [1.54, 1.807) is 0 Å². The summed E-state index contributed by atoms with van der Waals surface area (Å²) in [4.78, 5) is 2.47. The van der Waals surface area contributed by atoms with Crippen molar-refractivity contribution in [3.63, 3.8) is 0 Å². The van der Waals surface area contributed by atoms with Gasteiger partial charge in [-0.3, -0.25) is 0 Å². The molecule has 3 heteroatoms. The molecule has 0 spiro atoms. The Morgan fingerprint density at radius 1 is 0.263 bits per heavy atom. The van der Waals surface area contributed by atoms with Crippen LogP contribution in [0.3, 0.4) is 0 Å². The predicted octanol–water partition coefficient (Wildman–Crippen LogP) is 14.7. The van der Waals surface area contributed by atoms with Gasteiger partial charge in [-0.15, -0.1) is 0 Å². The highest BCUT2D eigenvalue weighted by atomic mass is 15.2. The number of benzene rings is 9. The third kappa shape index (κ3) is 5.43. The van der Waals surface area contributed by atoms with Crippen molar-refractivity contribution < 1.29 is 0 Å². The predicted molar refractivity (Wildman–Crippen MR) is 241 cm³/mol. The molecule has 2 heterocycles. The molecule has 11 rings (SSSR count). The van der Waals surface area contributed by atoms with Crippen molar-refractivity contribution in [1.82, 2.24) is 9.13 Å². The molecule has 0 aliphatic rings. The van der Waals surface area contributed by atoms with Crippen molar-refractivity contribution in [3.05, 3.63) is 224 Å². The van der Waals surface area contributed by atoms with Crippen molar-refractivity contribution in [2.75, 3.05) is 4.90 Å². The zero-order valence-corrected chi connectivity index (χ0v) is 31.2. The minimum Gasteiger partial charge on any atom is -0.309 e. The zero-order valence-electron chi connectivity index (χ0n) is 31.2. The molecular weight excluding hydrogens is 691 g/mol. The third-order valence-corrected chi connectivity index (χ3v) is 11.3. The maximum absolute atomic E-state index is 2.47. The van der Waals surface area contributed by atoms with Crippen molar-refractivity contribution in [1.29, 1.82) is 0 Å². The smallest absolute Gasteiger partial charge is 0.0562 e. The fourth-order valence-corrected chi connectivity index (χ4v) is 8.78. The van der Waals surface area contributed by atoms with Crippen molar-refractivity contribution in [2.24, 2.45) is 0 Å². The first-order valence-electron chi connectivity index (χ1n) is 19.5. The number of anilines is 3. The van der Waals surface area contributed by atoms with Gasteiger partial charge in [0.2, 0.25) is 0 Å².